The Labute approximate surface area is 175 Å². The second kappa shape index (κ2) is 10.8. The first-order valence-corrected chi connectivity index (χ1v) is 7.23. The minimum Gasteiger partial charge on any atom is -1.00 e. The van der Waals surface area contributed by atoms with Crippen LogP contribution in [-0.4, -0.2) is 0 Å². The topological polar surface area (TPSA) is 0 Å². The molecule has 0 unspecified atom stereocenters. The van der Waals surface area contributed by atoms with Gasteiger partial charge in [-0.25, -0.2) is 0 Å². The summed E-state index contributed by atoms with van der Waals surface area (Å²) in [6.07, 6.45) is 9.10. The normalized spacial score (nSPS) is 11.2. The molecule has 24 heavy (non-hydrogen) atoms. The molecule has 1 aliphatic rings. The molecule has 0 aromatic heterocycles. The Kier molecular flexibility index (Phi) is 10.3. The number of hydrogen-bond acceptors (Lipinski definition) is 0. The van der Waals surface area contributed by atoms with E-state index in [-0.39, 0.29) is 51.0 Å². The number of benzene rings is 2. The first kappa shape index (κ1) is 23.0. The van der Waals surface area contributed by atoms with Gasteiger partial charge in [0, 0.05) is 0 Å². The van der Waals surface area contributed by atoms with Crippen LogP contribution in [0.4, 0.5) is 0 Å². The van der Waals surface area contributed by atoms with Crippen molar-refractivity contribution in [2.75, 3.05) is 0 Å². The summed E-state index contributed by atoms with van der Waals surface area (Å²) in [4.78, 5) is 0. The van der Waals surface area contributed by atoms with Crippen LogP contribution in [-0.2, 0) is 26.2 Å². The van der Waals surface area contributed by atoms with Crippen LogP contribution in [0.2, 0.25) is 0 Å². The van der Waals surface area contributed by atoms with Gasteiger partial charge < -0.3 is 24.8 Å². The zero-order chi connectivity index (χ0) is 14.7. The monoisotopic (exact) mass is 430 g/mol. The van der Waals surface area contributed by atoms with Crippen LogP contribution in [0.5, 0.6) is 0 Å². The van der Waals surface area contributed by atoms with E-state index in [1.54, 1.807) is 0 Å². The van der Waals surface area contributed by atoms with Crippen LogP contribution >= 0.6 is 0 Å². The summed E-state index contributed by atoms with van der Waals surface area (Å²) < 4.78 is 0. The quantitative estimate of drug-likeness (QED) is 0.438. The summed E-state index contributed by atoms with van der Waals surface area (Å²) in [6.45, 7) is 4.18. The van der Waals surface area contributed by atoms with Crippen LogP contribution in [0.15, 0.2) is 84.0 Å². The molecule has 0 amide bonds. The first-order chi connectivity index (χ1) is 10.3. The predicted octanol–water partition coefficient (Wildman–Crippen LogP) is -0.0306. The van der Waals surface area contributed by atoms with Gasteiger partial charge in [-0.1, -0.05) is 50.2 Å². The second-order valence-corrected chi connectivity index (χ2v) is 5.40. The van der Waals surface area contributed by atoms with Crippen molar-refractivity contribution < 1.29 is 51.0 Å². The average Bonchev–Trinajstić information content (AvgIpc) is 3.15. The molecule has 0 N–H and O–H groups in total. The molecule has 0 radical (unpaired) electrons. The summed E-state index contributed by atoms with van der Waals surface area (Å²) in [7, 11) is 0. The van der Waals surface area contributed by atoms with Gasteiger partial charge >= 0.3 is 26.2 Å². The zero-order valence-electron chi connectivity index (χ0n) is 13.7. The van der Waals surface area contributed by atoms with E-state index in [9.17, 15) is 0 Å². The standard InChI is InChI=1S/C13H9.C8H9.2ClH.Zr/c1-3-7-12-10(5-1)9-11-6-2-4-8-13(11)12;1-7(2)8-5-3-4-6-8;;;/h1-9H;3-5H,1-2H3;2*1H;/q2*-1;;;+4/p-2. The summed E-state index contributed by atoms with van der Waals surface area (Å²) in [6, 6.07) is 19.3. The van der Waals surface area contributed by atoms with Gasteiger partial charge in [0.2, 0.25) is 0 Å². The van der Waals surface area contributed by atoms with Gasteiger partial charge in [-0.15, -0.1) is 51.4 Å². The maximum Gasteiger partial charge on any atom is 4.00 e. The zero-order valence-corrected chi connectivity index (χ0v) is 17.7. The fourth-order valence-corrected chi connectivity index (χ4v) is 2.55. The predicted molar refractivity (Wildman–Crippen MR) is 92.4 cm³/mol. The second-order valence-electron chi connectivity index (χ2n) is 5.40. The Hall–Kier alpha value is -1.01. The smallest absolute Gasteiger partial charge is 1.00 e. The molecule has 0 nitrogen and oxygen atoms in total. The first-order valence-electron chi connectivity index (χ1n) is 7.23. The molecule has 1 aliphatic carbocycles. The largest absolute Gasteiger partial charge is 4.00 e. The molecule has 3 aromatic rings. The van der Waals surface area contributed by atoms with Crippen molar-refractivity contribution in [3.8, 4) is 0 Å². The molecule has 0 atom stereocenters. The molecule has 0 aliphatic heterocycles. The van der Waals surface area contributed by atoms with Crippen molar-refractivity contribution in [1.29, 1.82) is 0 Å². The molecule has 0 saturated carbocycles. The van der Waals surface area contributed by atoms with E-state index in [0.717, 1.165) is 0 Å². The third-order valence-electron chi connectivity index (χ3n) is 3.66. The molecule has 120 valence electrons. The van der Waals surface area contributed by atoms with E-state index in [1.165, 1.54) is 32.7 Å². The number of rotatable bonds is 0. The third-order valence-corrected chi connectivity index (χ3v) is 3.66. The fraction of sp³-hybridized carbons (Fsp3) is 0.0952. The number of fused-ring (bicyclic) bond motifs is 3. The minimum absolute atomic E-state index is 0. The molecule has 0 fully saturated rings. The van der Waals surface area contributed by atoms with Crippen LogP contribution in [0.25, 0.3) is 21.5 Å². The maximum absolute atomic E-state index is 3.10. The summed E-state index contributed by atoms with van der Waals surface area (Å²) >= 11 is 0. The third kappa shape index (κ3) is 5.25. The summed E-state index contributed by atoms with van der Waals surface area (Å²) in [5.41, 5.74) is 2.56. The van der Waals surface area contributed by atoms with E-state index in [0.29, 0.717) is 0 Å². The summed E-state index contributed by atoms with van der Waals surface area (Å²) in [5.74, 6) is 0. The molecule has 3 aromatic carbocycles. The molecule has 0 heterocycles. The molecular formula is C21H18Cl2Zr. The molecule has 0 bridgehead atoms. The van der Waals surface area contributed by atoms with E-state index < -0.39 is 0 Å². The van der Waals surface area contributed by atoms with Gasteiger partial charge in [0.05, 0.1) is 0 Å². The number of hydrogen-bond donors (Lipinski definition) is 0. The van der Waals surface area contributed by atoms with Gasteiger partial charge in [-0.3, -0.25) is 0 Å². The fourth-order valence-electron chi connectivity index (χ4n) is 2.55. The number of allylic oxidation sites excluding steroid dienone is 6. The van der Waals surface area contributed by atoms with Crippen molar-refractivity contribution in [3.05, 3.63) is 90.0 Å². The van der Waals surface area contributed by atoms with Gasteiger partial charge in [-0.2, -0.15) is 23.8 Å². The minimum atomic E-state index is 0. The van der Waals surface area contributed by atoms with Crippen LogP contribution in [0, 0.1) is 6.08 Å². The van der Waals surface area contributed by atoms with E-state index in [4.69, 9.17) is 0 Å². The Bertz CT molecular complexity index is 801. The number of halogens is 2. The molecule has 4 rings (SSSR count). The van der Waals surface area contributed by atoms with Crippen molar-refractivity contribution >= 4 is 21.5 Å². The molecular weight excluding hydrogens is 414 g/mol. The van der Waals surface area contributed by atoms with Crippen LogP contribution in [0.3, 0.4) is 0 Å². The Balaban J connectivity index is 0.000000429. The van der Waals surface area contributed by atoms with E-state index in [1.807, 2.05) is 12.2 Å². The van der Waals surface area contributed by atoms with E-state index >= 15 is 0 Å². The van der Waals surface area contributed by atoms with Crippen LogP contribution in [0.1, 0.15) is 13.8 Å². The maximum atomic E-state index is 3.10. The van der Waals surface area contributed by atoms with Crippen molar-refractivity contribution in [1.82, 2.24) is 0 Å². The van der Waals surface area contributed by atoms with E-state index in [2.05, 4.69) is 80.6 Å². The van der Waals surface area contributed by atoms with Gasteiger partial charge in [0.25, 0.3) is 0 Å². The average molecular weight is 433 g/mol. The SMILES string of the molecule is CC(C)=C1[C-]=CC=C1.[Cl-].[Cl-].[Zr+4].c1ccc2c(c1)[cH-]c1ccccc12. The van der Waals surface area contributed by atoms with Gasteiger partial charge in [0.1, 0.15) is 0 Å². The Morgan fingerprint density at radius 3 is 1.71 bits per heavy atom. The van der Waals surface area contributed by atoms with Gasteiger partial charge in [0.15, 0.2) is 0 Å². The summed E-state index contributed by atoms with van der Waals surface area (Å²) in [5, 5.41) is 5.39. The van der Waals surface area contributed by atoms with Crippen molar-refractivity contribution in [3.63, 3.8) is 0 Å². The Morgan fingerprint density at radius 1 is 0.833 bits per heavy atom. The molecule has 0 saturated heterocycles. The van der Waals surface area contributed by atoms with Crippen molar-refractivity contribution in [2.24, 2.45) is 0 Å². The van der Waals surface area contributed by atoms with Crippen LogP contribution < -0.4 is 24.8 Å². The molecule has 3 heteroatoms. The van der Waals surface area contributed by atoms with Gasteiger partial charge in [-0.05, 0) is 0 Å². The Morgan fingerprint density at radius 2 is 1.33 bits per heavy atom. The molecule has 0 spiro atoms. The van der Waals surface area contributed by atoms with Crippen molar-refractivity contribution in [2.45, 2.75) is 13.8 Å².